The maximum Gasteiger partial charge on any atom is 0.309 e. The van der Waals surface area contributed by atoms with E-state index in [1.807, 2.05) is 0 Å². The fourth-order valence-electron chi connectivity index (χ4n) is 1.58. The highest BCUT2D eigenvalue weighted by Gasteiger charge is 2.11. The molecule has 0 aliphatic rings. The van der Waals surface area contributed by atoms with Gasteiger partial charge < -0.3 is 5.11 Å². The Balaban J connectivity index is 2.62. The average Bonchev–Trinajstić information content (AvgIpc) is 2.42. The number of aryl methyl sites for hydroxylation is 1. The van der Waals surface area contributed by atoms with E-state index in [1.165, 1.54) is 16.8 Å². The molecular formula is C10H9FN2O2. The maximum absolute atomic E-state index is 12.9. The Morgan fingerprint density at radius 1 is 1.60 bits per heavy atom. The summed E-state index contributed by atoms with van der Waals surface area (Å²) in [5.74, 6) is -1.30. The van der Waals surface area contributed by atoms with E-state index in [0.29, 0.717) is 16.6 Å². The lowest BCUT2D eigenvalue weighted by atomic mass is 10.1. The molecule has 1 aromatic heterocycles. The van der Waals surface area contributed by atoms with Crippen molar-refractivity contribution in [2.75, 3.05) is 0 Å². The minimum absolute atomic E-state index is 0.150. The van der Waals surface area contributed by atoms with Crippen LogP contribution in [0.4, 0.5) is 4.39 Å². The molecule has 0 aliphatic heterocycles. The van der Waals surface area contributed by atoms with Gasteiger partial charge in [-0.3, -0.25) is 9.48 Å². The van der Waals surface area contributed by atoms with Crippen LogP contribution in [0.5, 0.6) is 0 Å². The molecule has 1 heterocycles. The van der Waals surface area contributed by atoms with Gasteiger partial charge in [-0.05, 0) is 18.2 Å². The minimum Gasteiger partial charge on any atom is -0.481 e. The lowest BCUT2D eigenvalue weighted by Crippen LogP contribution is -2.01. The van der Waals surface area contributed by atoms with E-state index >= 15 is 0 Å². The van der Waals surface area contributed by atoms with Crippen LogP contribution in [0.1, 0.15) is 5.69 Å². The van der Waals surface area contributed by atoms with Crippen molar-refractivity contribution in [1.82, 2.24) is 9.78 Å². The van der Waals surface area contributed by atoms with E-state index in [0.717, 1.165) is 0 Å². The summed E-state index contributed by atoms with van der Waals surface area (Å²) < 4.78 is 14.4. The first-order valence-electron chi connectivity index (χ1n) is 4.41. The smallest absolute Gasteiger partial charge is 0.309 e. The number of carbonyl (C=O) groups is 1. The molecule has 1 N–H and O–H groups in total. The van der Waals surface area contributed by atoms with Crippen molar-refractivity contribution < 1.29 is 14.3 Å². The second-order valence-corrected chi connectivity index (χ2v) is 3.30. The van der Waals surface area contributed by atoms with E-state index in [4.69, 9.17) is 5.11 Å². The van der Waals surface area contributed by atoms with Crippen molar-refractivity contribution in [3.63, 3.8) is 0 Å². The number of carboxylic acid groups (broad SMARTS) is 1. The summed E-state index contributed by atoms with van der Waals surface area (Å²) in [6.45, 7) is 0. The number of hydrogen-bond donors (Lipinski definition) is 1. The van der Waals surface area contributed by atoms with Gasteiger partial charge in [0.1, 0.15) is 5.82 Å². The number of halogens is 1. The first kappa shape index (κ1) is 9.64. The molecule has 0 bridgehead atoms. The molecule has 78 valence electrons. The van der Waals surface area contributed by atoms with E-state index in [2.05, 4.69) is 5.10 Å². The van der Waals surface area contributed by atoms with Gasteiger partial charge in [-0.1, -0.05) is 0 Å². The zero-order valence-corrected chi connectivity index (χ0v) is 8.07. The topological polar surface area (TPSA) is 55.1 Å². The highest BCUT2D eigenvalue weighted by molar-refractivity contribution is 5.85. The Bertz CT molecular complexity index is 533. The molecule has 0 aliphatic carbocycles. The van der Waals surface area contributed by atoms with Crippen molar-refractivity contribution in [3.05, 3.63) is 29.7 Å². The summed E-state index contributed by atoms with van der Waals surface area (Å²) in [4.78, 5) is 10.6. The third-order valence-electron chi connectivity index (χ3n) is 2.21. The van der Waals surface area contributed by atoms with Gasteiger partial charge in [0.25, 0.3) is 0 Å². The molecule has 0 unspecified atom stereocenters. The Morgan fingerprint density at radius 2 is 2.33 bits per heavy atom. The minimum atomic E-state index is -0.945. The number of benzene rings is 1. The fourth-order valence-corrected chi connectivity index (χ4v) is 1.58. The molecule has 0 saturated heterocycles. The van der Waals surface area contributed by atoms with E-state index in [1.54, 1.807) is 13.1 Å². The lowest BCUT2D eigenvalue weighted by molar-refractivity contribution is -0.136. The van der Waals surface area contributed by atoms with Crippen molar-refractivity contribution in [3.8, 4) is 0 Å². The average molecular weight is 208 g/mol. The molecule has 1 aromatic carbocycles. The normalized spacial score (nSPS) is 10.8. The molecule has 4 nitrogen and oxygen atoms in total. The van der Waals surface area contributed by atoms with E-state index in [-0.39, 0.29) is 12.2 Å². The fraction of sp³-hybridized carbons (Fsp3) is 0.200. The van der Waals surface area contributed by atoms with Crippen LogP contribution >= 0.6 is 0 Å². The third kappa shape index (κ3) is 1.68. The molecular weight excluding hydrogens is 199 g/mol. The quantitative estimate of drug-likeness (QED) is 0.810. The first-order valence-corrected chi connectivity index (χ1v) is 4.41. The zero-order valence-electron chi connectivity index (χ0n) is 8.07. The molecule has 0 radical (unpaired) electrons. The van der Waals surface area contributed by atoms with Crippen LogP contribution in [0, 0.1) is 5.82 Å². The summed E-state index contributed by atoms with van der Waals surface area (Å²) in [6.07, 6.45) is -0.150. The Labute approximate surface area is 84.9 Å². The molecule has 0 saturated carbocycles. The summed E-state index contributed by atoms with van der Waals surface area (Å²) in [6, 6.07) is 4.19. The van der Waals surface area contributed by atoms with Gasteiger partial charge >= 0.3 is 5.97 Å². The number of nitrogens with zero attached hydrogens (tertiary/aromatic N) is 2. The van der Waals surface area contributed by atoms with Gasteiger partial charge in [0.05, 0.1) is 17.6 Å². The van der Waals surface area contributed by atoms with Crippen LogP contribution in [0.25, 0.3) is 10.9 Å². The van der Waals surface area contributed by atoms with Crippen LogP contribution in [0.15, 0.2) is 18.2 Å². The van der Waals surface area contributed by atoms with Crippen LogP contribution in [0.2, 0.25) is 0 Å². The molecule has 2 aromatic rings. The summed E-state index contributed by atoms with van der Waals surface area (Å²) in [7, 11) is 1.66. The highest BCUT2D eigenvalue weighted by atomic mass is 19.1. The predicted molar refractivity (Wildman–Crippen MR) is 52.0 cm³/mol. The van der Waals surface area contributed by atoms with Crippen LogP contribution in [-0.2, 0) is 18.3 Å². The molecule has 5 heteroatoms. The van der Waals surface area contributed by atoms with Crippen LogP contribution < -0.4 is 0 Å². The lowest BCUT2D eigenvalue weighted by Gasteiger charge is -1.93. The van der Waals surface area contributed by atoms with Crippen LogP contribution in [0.3, 0.4) is 0 Å². The SMILES string of the molecule is Cn1nc(CC(=O)O)c2ccc(F)cc21. The Kier molecular flexibility index (Phi) is 2.15. The highest BCUT2D eigenvalue weighted by Crippen LogP contribution is 2.19. The Hall–Kier alpha value is -1.91. The third-order valence-corrected chi connectivity index (χ3v) is 2.21. The van der Waals surface area contributed by atoms with Gasteiger partial charge in [0, 0.05) is 12.4 Å². The van der Waals surface area contributed by atoms with Crippen molar-refractivity contribution in [1.29, 1.82) is 0 Å². The van der Waals surface area contributed by atoms with Crippen LogP contribution in [-0.4, -0.2) is 20.9 Å². The second kappa shape index (κ2) is 3.34. The molecule has 2 rings (SSSR count). The summed E-state index contributed by atoms with van der Waals surface area (Å²) >= 11 is 0. The summed E-state index contributed by atoms with van der Waals surface area (Å²) in [5, 5.41) is 13.4. The number of carboxylic acids is 1. The molecule has 0 amide bonds. The van der Waals surface area contributed by atoms with Gasteiger partial charge in [-0.15, -0.1) is 0 Å². The van der Waals surface area contributed by atoms with Gasteiger partial charge in [-0.25, -0.2) is 4.39 Å². The predicted octanol–water partition coefficient (Wildman–Crippen LogP) is 1.34. The number of hydrogen-bond acceptors (Lipinski definition) is 2. The van der Waals surface area contributed by atoms with Gasteiger partial charge in [0.15, 0.2) is 0 Å². The first-order chi connectivity index (χ1) is 7.08. The van der Waals surface area contributed by atoms with Gasteiger partial charge in [0.2, 0.25) is 0 Å². The maximum atomic E-state index is 12.9. The summed E-state index contributed by atoms with van der Waals surface area (Å²) in [5.41, 5.74) is 1.06. The standard InChI is InChI=1S/C10H9FN2O2/c1-13-9-4-6(11)2-3-7(9)8(12-13)5-10(14)15/h2-4H,5H2,1H3,(H,14,15). The van der Waals surface area contributed by atoms with Gasteiger partial charge in [-0.2, -0.15) is 5.10 Å². The number of fused-ring (bicyclic) bond motifs is 1. The monoisotopic (exact) mass is 208 g/mol. The zero-order chi connectivity index (χ0) is 11.0. The van der Waals surface area contributed by atoms with Crippen molar-refractivity contribution in [2.24, 2.45) is 7.05 Å². The molecule has 0 fully saturated rings. The molecule has 15 heavy (non-hydrogen) atoms. The van der Waals surface area contributed by atoms with E-state index in [9.17, 15) is 9.18 Å². The number of aliphatic carboxylic acids is 1. The second-order valence-electron chi connectivity index (χ2n) is 3.30. The molecule has 0 spiro atoms. The van der Waals surface area contributed by atoms with Crippen molar-refractivity contribution >= 4 is 16.9 Å². The Morgan fingerprint density at radius 3 is 3.00 bits per heavy atom. The number of rotatable bonds is 2. The number of aromatic nitrogens is 2. The molecule has 0 atom stereocenters. The van der Waals surface area contributed by atoms with E-state index < -0.39 is 5.97 Å². The van der Waals surface area contributed by atoms with Crippen molar-refractivity contribution in [2.45, 2.75) is 6.42 Å². The largest absolute Gasteiger partial charge is 0.481 e.